The molecular formula is C23H19BrN2O3. The minimum atomic E-state index is -0.238. The van der Waals surface area contributed by atoms with Gasteiger partial charge in [0.2, 0.25) is 5.89 Å². The molecule has 1 aromatic heterocycles. The fourth-order valence-corrected chi connectivity index (χ4v) is 3.38. The molecule has 3 aromatic carbocycles. The maximum Gasteiger partial charge on any atom is 0.262 e. The molecule has 5 nitrogen and oxygen atoms in total. The molecule has 1 N–H and O–H groups in total. The first-order valence-electron chi connectivity index (χ1n) is 9.29. The Bertz CT molecular complexity index is 1150. The van der Waals surface area contributed by atoms with E-state index in [1.165, 1.54) is 5.56 Å². The lowest BCUT2D eigenvalue weighted by molar-refractivity contribution is -0.118. The van der Waals surface area contributed by atoms with E-state index in [0.717, 1.165) is 16.5 Å². The highest BCUT2D eigenvalue weighted by Gasteiger charge is 2.12. The second-order valence-corrected chi connectivity index (χ2v) is 7.37. The van der Waals surface area contributed by atoms with Gasteiger partial charge in [-0.2, -0.15) is 0 Å². The van der Waals surface area contributed by atoms with Crippen LogP contribution < -0.4 is 10.1 Å². The average molecular weight is 451 g/mol. The van der Waals surface area contributed by atoms with Crippen LogP contribution in [0.3, 0.4) is 0 Å². The van der Waals surface area contributed by atoms with Crippen LogP contribution in [0.15, 0.2) is 75.6 Å². The van der Waals surface area contributed by atoms with Crippen molar-refractivity contribution in [3.63, 3.8) is 0 Å². The number of amides is 1. The molecule has 4 aromatic rings. The van der Waals surface area contributed by atoms with Gasteiger partial charge in [0.25, 0.3) is 5.91 Å². The van der Waals surface area contributed by atoms with Crippen molar-refractivity contribution >= 4 is 38.6 Å². The molecule has 0 radical (unpaired) electrons. The molecule has 0 saturated carbocycles. The number of oxazole rings is 1. The lowest BCUT2D eigenvalue weighted by Crippen LogP contribution is -2.20. The maximum absolute atomic E-state index is 12.2. The quantitative estimate of drug-likeness (QED) is 0.400. The highest BCUT2D eigenvalue weighted by Crippen LogP contribution is 2.30. The second-order valence-electron chi connectivity index (χ2n) is 6.52. The second kappa shape index (κ2) is 8.49. The predicted molar refractivity (Wildman–Crippen MR) is 117 cm³/mol. The minimum Gasteiger partial charge on any atom is -0.484 e. The van der Waals surface area contributed by atoms with Gasteiger partial charge in [0.05, 0.1) is 5.56 Å². The number of carbonyl (C=O) groups excluding carboxylic acids is 1. The smallest absolute Gasteiger partial charge is 0.262 e. The fourth-order valence-electron chi connectivity index (χ4n) is 2.92. The van der Waals surface area contributed by atoms with Crippen LogP contribution in [0.25, 0.3) is 22.6 Å². The van der Waals surface area contributed by atoms with Crippen molar-refractivity contribution in [1.82, 2.24) is 4.98 Å². The van der Waals surface area contributed by atoms with E-state index < -0.39 is 0 Å². The van der Waals surface area contributed by atoms with Crippen LogP contribution in [-0.2, 0) is 11.2 Å². The Morgan fingerprint density at radius 3 is 2.66 bits per heavy atom. The van der Waals surface area contributed by atoms with E-state index in [9.17, 15) is 4.79 Å². The molecule has 29 heavy (non-hydrogen) atoms. The number of hydrogen-bond donors (Lipinski definition) is 1. The van der Waals surface area contributed by atoms with E-state index in [-0.39, 0.29) is 12.5 Å². The molecule has 0 aliphatic carbocycles. The summed E-state index contributed by atoms with van der Waals surface area (Å²) in [6, 6.07) is 20.8. The van der Waals surface area contributed by atoms with E-state index >= 15 is 0 Å². The average Bonchev–Trinajstić information content (AvgIpc) is 3.16. The van der Waals surface area contributed by atoms with Crippen molar-refractivity contribution in [3.8, 4) is 17.2 Å². The van der Waals surface area contributed by atoms with Crippen LogP contribution in [0, 0.1) is 0 Å². The van der Waals surface area contributed by atoms with Crippen molar-refractivity contribution in [1.29, 1.82) is 0 Å². The fraction of sp³-hybridized carbons (Fsp3) is 0.130. The van der Waals surface area contributed by atoms with Gasteiger partial charge < -0.3 is 14.5 Å². The summed E-state index contributed by atoms with van der Waals surface area (Å²) in [5.74, 6) is 0.954. The normalized spacial score (nSPS) is 10.8. The topological polar surface area (TPSA) is 64.4 Å². The number of rotatable bonds is 6. The number of aryl methyl sites for hydroxylation is 1. The molecule has 0 fully saturated rings. The molecule has 1 amide bonds. The zero-order valence-corrected chi connectivity index (χ0v) is 17.4. The van der Waals surface area contributed by atoms with Gasteiger partial charge in [-0.15, -0.1) is 0 Å². The number of fused-ring (bicyclic) bond motifs is 1. The molecule has 0 atom stereocenters. The monoisotopic (exact) mass is 450 g/mol. The van der Waals surface area contributed by atoms with Gasteiger partial charge in [-0.25, -0.2) is 4.98 Å². The third-order valence-corrected chi connectivity index (χ3v) is 5.17. The lowest BCUT2D eigenvalue weighted by atomic mass is 10.2. The number of halogens is 1. The number of anilines is 1. The Balaban J connectivity index is 1.43. The van der Waals surface area contributed by atoms with Crippen LogP contribution in [0.2, 0.25) is 0 Å². The van der Waals surface area contributed by atoms with Gasteiger partial charge >= 0.3 is 0 Å². The SMILES string of the molecule is CCc1ccc(OCC(=O)Nc2ccc3oc(-c4ccccc4Br)nc3c2)cc1. The number of carbonyl (C=O) groups is 1. The summed E-state index contributed by atoms with van der Waals surface area (Å²) in [7, 11) is 0. The highest BCUT2D eigenvalue weighted by molar-refractivity contribution is 9.10. The number of hydrogen-bond acceptors (Lipinski definition) is 4. The van der Waals surface area contributed by atoms with Crippen LogP contribution >= 0.6 is 15.9 Å². The molecule has 0 aliphatic heterocycles. The molecule has 6 heteroatoms. The van der Waals surface area contributed by atoms with Crippen molar-refractivity contribution in [2.45, 2.75) is 13.3 Å². The number of nitrogens with zero attached hydrogens (tertiary/aromatic N) is 1. The molecule has 0 saturated heterocycles. The van der Waals surface area contributed by atoms with Crippen LogP contribution in [0.1, 0.15) is 12.5 Å². The van der Waals surface area contributed by atoms with Gasteiger partial charge in [-0.1, -0.05) is 31.2 Å². The summed E-state index contributed by atoms with van der Waals surface area (Å²) in [4.78, 5) is 16.8. The van der Waals surface area contributed by atoms with Crippen molar-refractivity contribution in [2.75, 3.05) is 11.9 Å². The van der Waals surface area contributed by atoms with E-state index in [2.05, 4.69) is 33.2 Å². The number of aromatic nitrogens is 1. The van der Waals surface area contributed by atoms with Gasteiger partial charge in [0, 0.05) is 10.2 Å². The van der Waals surface area contributed by atoms with E-state index in [1.807, 2.05) is 48.5 Å². The lowest BCUT2D eigenvalue weighted by Gasteiger charge is -2.08. The number of nitrogens with one attached hydrogen (secondary N) is 1. The molecule has 0 spiro atoms. The van der Waals surface area contributed by atoms with Crippen LogP contribution in [0.5, 0.6) is 5.75 Å². The summed E-state index contributed by atoms with van der Waals surface area (Å²) in [6.45, 7) is 2.03. The Labute approximate surface area is 176 Å². The van der Waals surface area contributed by atoms with Gasteiger partial charge in [0.15, 0.2) is 12.2 Å². The van der Waals surface area contributed by atoms with Crippen molar-refractivity contribution in [2.24, 2.45) is 0 Å². The number of benzene rings is 3. The largest absolute Gasteiger partial charge is 0.484 e. The molecule has 1 heterocycles. The predicted octanol–water partition coefficient (Wildman–Crippen LogP) is 5.84. The molecule has 4 rings (SSSR count). The standard InChI is InChI=1S/C23H19BrN2O3/c1-2-15-7-10-17(11-8-15)28-14-22(27)25-16-9-12-21-20(13-16)26-23(29-21)18-5-3-4-6-19(18)24/h3-13H,2,14H2,1H3,(H,25,27). The van der Waals surface area contributed by atoms with Gasteiger partial charge in [-0.05, 0) is 70.4 Å². The zero-order chi connectivity index (χ0) is 20.2. The third-order valence-electron chi connectivity index (χ3n) is 4.48. The summed E-state index contributed by atoms with van der Waals surface area (Å²) >= 11 is 3.51. The first-order valence-corrected chi connectivity index (χ1v) is 10.1. The van der Waals surface area contributed by atoms with E-state index in [0.29, 0.717) is 28.4 Å². The molecule has 0 unspecified atom stereocenters. The summed E-state index contributed by atoms with van der Waals surface area (Å²) < 4.78 is 12.3. The molecule has 146 valence electrons. The highest BCUT2D eigenvalue weighted by atomic mass is 79.9. The van der Waals surface area contributed by atoms with Crippen molar-refractivity contribution < 1.29 is 13.9 Å². The van der Waals surface area contributed by atoms with Crippen LogP contribution in [-0.4, -0.2) is 17.5 Å². The molecule has 0 bridgehead atoms. The zero-order valence-electron chi connectivity index (χ0n) is 15.8. The van der Waals surface area contributed by atoms with Crippen LogP contribution in [0.4, 0.5) is 5.69 Å². The molecule has 0 aliphatic rings. The Morgan fingerprint density at radius 2 is 1.90 bits per heavy atom. The maximum atomic E-state index is 12.2. The number of ether oxygens (including phenoxy) is 1. The van der Waals surface area contributed by atoms with E-state index in [4.69, 9.17) is 9.15 Å². The first kappa shape index (κ1) is 19.2. The molecular weight excluding hydrogens is 432 g/mol. The first-order chi connectivity index (χ1) is 14.1. The Hall–Kier alpha value is -3.12. The Morgan fingerprint density at radius 1 is 1.10 bits per heavy atom. The third kappa shape index (κ3) is 4.49. The minimum absolute atomic E-state index is 0.0649. The summed E-state index contributed by atoms with van der Waals surface area (Å²) in [6.07, 6.45) is 0.966. The summed E-state index contributed by atoms with van der Waals surface area (Å²) in [5, 5.41) is 2.83. The summed E-state index contributed by atoms with van der Waals surface area (Å²) in [5.41, 5.74) is 4.06. The van der Waals surface area contributed by atoms with Crippen molar-refractivity contribution in [3.05, 3.63) is 76.8 Å². The van der Waals surface area contributed by atoms with Gasteiger partial charge in [0.1, 0.15) is 11.3 Å². The van der Waals surface area contributed by atoms with Gasteiger partial charge in [-0.3, -0.25) is 4.79 Å². The van der Waals surface area contributed by atoms with E-state index in [1.54, 1.807) is 18.2 Å². The Kier molecular flexibility index (Phi) is 5.62.